The minimum Gasteiger partial charge on any atom is -0.462 e. The van der Waals surface area contributed by atoms with Gasteiger partial charge in [0.15, 0.2) is 0 Å². The molecule has 116 valence electrons. The van der Waals surface area contributed by atoms with E-state index in [1.165, 1.54) is 24.5 Å². The van der Waals surface area contributed by atoms with Crippen molar-refractivity contribution in [1.29, 1.82) is 0 Å². The van der Waals surface area contributed by atoms with Crippen molar-refractivity contribution in [3.63, 3.8) is 0 Å². The van der Waals surface area contributed by atoms with Crippen LogP contribution in [0.1, 0.15) is 38.7 Å². The topological polar surface area (TPSA) is 26.3 Å². The summed E-state index contributed by atoms with van der Waals surface area (Å²) in [7, 11) is 0. The van der Waals surface area contributed by atoms with Crippen molar-refractivity contribution < 1.29 is 9.53 Å². The molecule has 3 aliphatic carbocycles. The number of carbonyl (C=O) groups is 1. The molecule has 0 aromatic heterocycles. The van der Waals surface area contributed by atoms with Gasteiger partial charge in [0.05, 0.1) is 6.61 Å². The fourth-order valence-corrected chi connectivity index (χ4v) is 3.80. The Bertz CT molecular complexity index is 595. The summed E-state index contributed by atoms with van der Waals surface area (Å²) in [4.78, 5) is 11.7. The molecule has 1 saturated carbocycles. The molecule has 22 heavy (non-hydrogen) atoms. The number of rotatable bonds is 5. The van der Waals surface area contributed by atoms with Gasteiger partial charge >= 0.3 is 5.97 Å². The molecule has 0 N–H and O–H groups in total. The van der Waals surface area contributed by atoms with Crippen molar-refractivity contribution in [2.45, 2.75) is 33.1 Å². The average molecular weight is 296 g/mol. The Morgan fingerprint density at radius 1 is 1.32 bits per heavy atom. The Morgan fingerprint density at radius 3 is 2.77 bits per heavy atom. The highest BCUT2D eigenvalue weighted by Gasteiger charge is 2.50. The molecule has 1 aromatic rings. The molecule has 0 amide bonds. The first-order valence-electron chi connectivity index (χ1n) is 8.16. The minimum absolute atomic E-state index is 0.258. The lowest BCUT2D eigenvalue weighted by molar-refractivity contribution is -0.137. The quantitative estimate of drug-likeness (QED) is 0.450. The number of hydrogen-bond donors (Lipinski definition) is 0. The molecule has 0 aliphatic heterocycles. The molecule has 2 heteroatoms. The Balaban J connectivity index is 1.45. The van der Waals surface area contributed by atoms with Crippen LogP contribution in [-0.4, -0.2) is 12.6 Å². The van der Waals surface area contributed by atoms with Crippen LogP contribution in [0.25, 0.3) is 6.08 Å². The Morgan fingerprint density at radius 2 is 2.09 bits per heavy atom. The maximum atomic E-state index is 11.7. The first-order chi connectivity index (χ1) is 10.6. The number of ether oxygens (including phenoxy) is 1. The Hall–Kier alpha value is -1.83. The number of fused-ring (bicyclic) bond motifs is 1. The van der Waals surface area contributed by atoms with Gasteiger partial charge in [-0.2, -0.15) is 0 Å². The summed E-state index contributed by atoms with van der Waals surface area (Å²) in [5, 5.41) is 0. The van der Waals surface area contributed by atoms with Gasteiger partial charge in [-0.25, -0.2) is 4.79 Å². The van der Waals surface area contributed by atoms with Gasteiger partial charge in [-0.1, -0.05) is 55.8 Å². The Labute approximate surface area is 132 Å². The zero-order valence-electron chi connectivity index (χ0n) is 13.4. The average Bonchev–Trinajstić information content (AvgIpc) is 2.54. The van der Waals surface area contributed by atoms with Crippen LogP contribution in [0.4, 0.5) is 0 Å². The number of allylic oxidation sites excluding steroid dienone is 1. The first kappa shape index (κ1) is 15.1. The minimum atomic E-state index is -0.258. The zero-order valence-corrected chi connectivity index (χ0v) is 13.4. The van der Waals surface area contributed by atoms with E-state index in [4.69, 9.17) is 4.74 Å². The van der Waals surface area contributed by atoms with Gasteiger partial charge in [0.2, 0.25) is 0 Å². The highest BCUT2D eigenvalue weighted by Crippen LogP contribution is 2.59. The predicted octanol–water partition coefficient (Wildman–Crippen LogP) is 4.63. The van der Waals surface area contributed by atoms with E-state index >= 15 is 0 Å². The maximum Gasteiger partial charge on any atom is 0.330 e. The van der Waals surface area contributed by atoms with E-state index < -0.39 is 0 Å². The summed E-state index contributed by atoms with van der Waals surface area (Å²) in [5.41, 5.74) is 2.95. The summed E-state index contributed by atoms with van der Waals surface area (Å²) in [6.45, 7) is 5.22. The normalized spacial score (nSPS) is 25.5. The zero-order chi connectivity index (χ0) is 15.6. The van der Waals surface area contributed by atoms with Crippen LogP contribution in [0.3, 0.4) is 0 Å². The van der Waals surface area contributed by atoms with E-state index in [0.717, 1.165) is 17.9 Å². The van der Waals surface area contributed by atoms with Gasteiger partial charge < -0.3 is 4.74 Å². The van der Waals surface area contributed by atoms with Gasteiger partial charge in [0, 0.05) is 12.5 Å². The highest BCUT2D eigenvalue weighted by atomic mass is 16.5. The first-order valence-corrected chi connectivity index (χ1v) is 8.16. The standard InChI is InChI=1S/C20H24O2/c1-20(2)17-10-9-16(18(20)14-17)12-13-22-19(21)11-8-15-6-4-3-5-7-15/h3-9,11,17-18H,10,12-14H2,1-2H3. The third-order valence-corrected chi connectivity index (χ3v) is 5.43. The summed E-state index contributed by atoms with van der Waals surface area (Å²) >= 11 is 0. The number of esters is 1. The van der Waals surface area contributed by atoms with Crippen molar-refractivity contribution in [3.8, 4) is 0 Å². The molecule has 0 saturated heterocycles. The molecular formula is C20H24O2. The van der Waals surface area contributed by atoms with Crippen LogP contribution in [0.5, 0.6) is 0 Å². The van der Waals surface area contributed by atoms with Crippen LogP contribution in [0.15, 0.2) is 48.1 Å². The van der Waals surface area contributed by atoms with E-state index in [9.17, 15) is 4.79 Å². The molecule has 4 rings (SSSR count). The van der Waals surface area contributed by atoms with Crippen molar-refractivity contribution in [2.24, 2.45) is 17.3 Å². The highest BCUT2D eigenvalue weighted by molar-refractivity contribution is 5.87. The molecular weight excluding hydrogens is 272 g/mol. The van der Waals surface area contributed by atoms with Gasteiger partial charge in [-0.3, -0.25) is 0 Å². The van der Waals surface area contributed by atoms with Crippen molar-refractivity contribution in [3.05, 3.63) is 53.6 Å². The smallest absolute Gasteiger partial charge is 0.330 e. The Kier molecular flexibility index (Phi) is 4.19. The van der Waals surface area contributed by atoms with Crippen molar-refractivity contribution in [1.82, 2.24) is 0 Å². The molecule has 0 heterocycles. The SMILES string of the molecule is CC1(C)C2CC=C(CCOC(=O)C=Cc3ccccc3)C1C2. The molecule has 2 nitrogen and oxygen atoms in total. The van der Waals surface area contributed by atoms with Crippen LogP contribution < -0.4 is 0 Å². The fraction of sp³-hybridized carbons (Fsp3) is 0.450. The summed E-state index contributed by atoms with van der Waals surface area (Å²) < 4.78 is 5.33. The van der Waals surface area contributed by atoms with Crippen molar-refractivity contribution in [2.75, 3.05) is 6.61 Å². The second-order valence-corrected chi connectivity index (χ2v) is 6.98. The summed E-state index contributed by atoms with van der Waals surface area (Å²) in [6, 6.07) is 9.79. The summed E-state index contributed by atoms with van der Waals surface area (Å²) in [6.07, 6.45) is 9.07. The molecule has 3 aliphatic rings. The van der Waals surface area contributed by atoms with E-state index in [0.29, 0.717) is 17.9 Å². The number of hydrogen-bond acceptors (Lipinski definition) is 2. The van der Waals surface area contributed by atoms with E-state index in [1.807, 2.05) is 30.3 Å². The summed E-state index contributed by atoms with van der Waals surface area (Å²) in [5.74, 6) is 1.30. The van der Waals surface area contributed by atoms with E-state index in [2.05, 4.69) is 19.9 Å². The molecule has 1 aromatic carbocycles. The second kappa shape index (κ2) is 6.12. The third-order valence-electron chi connectivity index (χ3n) is 5.43. The lowest BCUT2D eigenvalue weighted by Gasteiger charge is -2.56. The van der Waals surface area contributed by atoms with Gasteiger partial charge in [0.25, 0.3) is 0 Å². The third kappa shape index (κ3) is 3.01. The number of carbonyl (C=O) groups excluding carboxylic acids is 1. The number of benzene rings is 1. The van der Waals surface area contributed by atoms with Crippen LogP contribution in [0.2, 0.25) is 0 Å². The molecule has 2 unspecified atom stereocenters. The predicted molar refractivity (Wildman–Crippen MR) is 89.1 cm³/mol. The molecule has 2 bridgehead atoms. The van der Waals surface area contributed by atoms with Gasteiger partial charge in [-0.05, 0) is 41.7 Å². The lowest BCUT2D eigenvalue weighted by Crippen LogP contribution is -2.48. The van der Waals surface area contributed by atoms with E-state index in [1.54, 1.807) is 6.08 Å². The monoisotopic (exact) mass is 296 g/mol. The molecule has 1 fully saturated rings. The maximum absolute atomic E-state index is 11.7. The van der Waals surface area contributed by atoms with E-state index in [-0.39, 0.29) is 5.97 Å². The van der Waals surface area contributed by atoms with Crippen LogP contribution >= 0.6 is 0 Å². The van der Waals surface area contributed by atoms with Crippen molar-refractivity contribution >= 4 is 12.0 Å². The second-order valence-electron chi connectivity index (χ2n) is 6.98. The van der Waals surface area contributed by atoms with Crippen LogP contribution in [-0.2, 0) is 9.53 Å². The fourth-order valence-electron chi connectivity index (χ4n) is 3.80. The molecule has 0 spiro atoms. The van der Waals surface area contributed by atoms with Crippen LogP contribution in [0, 0.1) is 17.3 Å². The molecule has 2 atom stereocenters. The van der Waals surface area contributed by atoms with Gasteiger partial charge in [0.1, 0.15) is 0 Å². The lowest BCUT2D eigenvalue weighted by atomic mass is 9.48. The molecule has 0 radical (unpaired) electrons. The largest absolute Gasteiger partial charge is 0.462 e. The van der Waals surface area contributed by atoms with Gasteiger partial charge in [-0.15, -0.1) is 0 Å².